The standard InChI is InChI=1S/C10H12F3N3O/c11-10(12,13)8-7(15-6-17-8)1-16-4-9(5-16)2-14-3-9/h6,14H,1-5H2. The van der Waals surface area contributed by atoms with Crippen molar-refractivity contribution in [2.24, 2.45) is 5.41 Å². The Morgan fingerprint density at radius 3 is 2.65 bits per heavy atom. The molecular formula is C10H12F3N3O. The number of aromatic nitrogens is 1. The molecule has 0 atom stereocenters. The number of hydrogen-bond donors (Lipinski definition) is 1. The van der Waals surface area contributed by atoms with Crippen LogP contribution in [0.4, 0.5) is 13.2 Å². The Hall–Kier alpha value is -1.08. The van der Waals surface area contributed by atoms with E-state index >= 15 is 0 Å². The Kier molecular flexibility index (Phi) is 2.24. The van der Waals surface area contributed by atoms with Gasteiger partial charge in [-0.05, 0) is 0 Å². The Bertz CT molecular complexity index is 417. The first-order valence-electron chi connectivity index (χ1n) is 5.41. The number of halogens is 3. The van der Waals surface area contributed by atoms with Gasteiger partial charge in [-0.3, -0.25) is 4.90 Å². The summed E-state index contributed by atoms with van der Waals surface area (Å²) < 4.78 is 42.0. The van der Waals surface area contributed by atoms with Gasteiger partial charge in [0.05, 0.1) is 0 Å². The number of nitrogens with zero attached hydrogens (tertiary/aromatic N) is 2. The average molecular weight is 247 g/mol. The second-order valence-electron chi connectivity index (χ2n) is 4.87. The molecule has 0 unspecified atom stereocenters. The van der Waals surface area contributed by atoms with Crippen molar-refractivity contribution in [1.82, 2.24) is 15.2 Å². The highest BCUT2D eigenvalue weighted by Crippen LogP contribution is 2.37. The molecule has 0 bridgehead atoms. The van der Waals surface area contributed by atoms with E-state index in [1.807, 2.05) is 4.90 Å². The van der Waals surface area contributed by atoms with E-state index in [0.29, 0.717) is 5.41 Å². The van der Waals surface area contributed by atoms with E-state index in [9.17, 15) is 13.2 Å². The maximum atomic E-state index is 12.5. The summed E-state index contributed by atoms with van der Waals surface area (Å²) in [5.41, 5.74) is 0.293. The van der Waals surface area contributed by atoms with Crippen molar-refractivity contribution in [1.29, 1.82) is 0 Å². The van der Waals surface area contributed by atoms with Crippen molar-refractivity contribution >= 4 is 0 Å². The highest BCUT2D eigenvalue weighted by Gasteiger charge is 2.48. The highest BCUT2D eigenvalue weighted by atomic mass is 19.4. The van der Waals surface area contributed by atoms with Crippen LogP contribution < -0.4 is 5.32 Å². The van der Waals surface area contributed by atoms with Gasteiger partial charge in [-0.25, -0.2) is 4.98 Å². The lowest BCUT2D eigenvalue weighted by molar-refractivity contribution is -0.154. The molecule has 7 heteroatoms. The van der Waals surface area contributed by atoms with E-state index in [4.69, 9.17) is 0 Å². The van der Waals surface area contributed by atoms with Gasteiger partial charge in [0.2, 0.25) is 5.76 Å². The molecule has 1 aromatic heterocycles. The van der Waals surface area contributed by atoms with Gasteiger partial charge in [0.1, 0.15) is 5.69 Å². The number of likely N-dealkylation sites (tertiary alicyclic amines) is 1. The van der Waals surface area contributed by atoms with Crippen molar-refractivity contribution in [3.8, 4) is 0 Å². The molecule has 0 radical (unpaired) electrons. The molecule has 0 amide bonds. The molecule has 17 heavy (non-hydrogen) atoms. The van der Waals surface area contributed by atoms with Crippen molar-refractivity contribution in [3.63, 3.8) is 0 Å². The minimum Gasteiger partial charge on any atom is -0.439 e. The predicted molar refractivity (Wildman–Crippen MR) is 52.1 cm³/mol. The van der Waals surface area contributed by atoms with E-state index < -0.39 is 11.9 Å². The summed E-state index contributed by atoms with van der Waals surface area (Å²) in [5, 5.41) is 3.18. The summed E-state index contributed by atoms with van der Waals surface area (Å²) in [7, 11) is 0. The van der Waals surface area contributed by atoms with Crippen molar-refractivity contribution in [2.45, 2.75) is 12.7 Å². The fraction of sp³-hybridized carbons (Fsp3) is 0.700. The van der Waals surface area contributed by atoms with Gasteiger partial charge in [-0.2, -0.15) is 13.2 Å². The maximum Gasteiger partial charge on any atom is 0.451 e. The number of hydrogen-bond acceptors (Lipinski definition) is 4. The van der Waals surface area contributed by atoms with Gasteiger partial charge in [0.15, 0.2) is 6.39 Å². The van der Waals surface area contributed by atoms with E-state index in [2.05, 4.69) is 14.7 Å². The normalized spacial score (nSPS) is 23.5. The van der Waals surface area contributed by atoms with Crippen LogP contribution in [0.2, 0.25) is 0 Å². The molecule has 3 heterocycles. The molecule has 0 aliphatic carbocycles. The zero-order chi connectivity index (χ0) is 12.1. The minimum atomic E-state index is -4.45. The molecule has 2 aliphatic rings. The minimum absolute atomic E-state index is 0.0142. The van der Waals surface area contributed by atoms with E-state index in [-0.39, 0.29) is 12.2 Å². The van der Waals surface area contributed by atoms with Crippen LogP contribution in [0.1, 0.15) is 11.5 Å². The predicted octanol–water partition coefficient (Wildman–Crippen LogP) is 1.10. The zero-order valence-corrected chi connectivity index (χ0v) is 9.05. The second-order valence-corrected chi connectivity index (χ2v) is 4.87. The summed E-state index contributed by atoms with van der Waals surface area (Å²) in [6.07, 6.45) is -3.59. The summed E-state index contributed by atoms with van der Waals surface area (Å²) in [4.78, 5) is 5.62. The summed E-state index contributed by atoms with van der Waals surface area (Å²) in [5.74, 6) is -0.967. The van der Waals surface area contributed by atoms with Crippen LogP contribution in [0.3, 0.4) is 0 Å². The van der Waals surface area contributed by atoms with Crippen LogP contribution in [0.25, 0.3) is 0 Å². The molecule has 2 fully saturated rings. The summed E-state index contributed by atoms with van der Waals surface area (Å²) >= 11 is 0. The smallest absolute Gasteiger partial charge is 0.439 e. The van der Waals surface area contributed by atoms with Crippen LogP contribution in [0, 0.1) is 5.41 Å². The Morgan fingerprint density at radius 2 is 2.12 bits per heavy atom. The van der Waals surface area contributed by atoms with Crippen LogP contribution in [-0.2, 0) is 12.7 Å². The zero-order valence-electron chi connectivity index (χ0n) is 9.05. The monoisotopic (exact) mass is 247 g/mol. The van der Waals surface area contributed by atoms with E-state index in [1.165, 1.54) is 0 Å². The van der Waals surface area contributed by atoms with Gasteiger partial charge >= 0.3 is 6.18 Å². The number of oxazole rings is 1. The number of rotatable bonds is 2. The first-order chi connectivity index (χ1) is 7.99. The summed E-state index contributed by atoms with van der Waals surface area (Å²) in [6.45, 7) is 3.82. The van der Waals surface area contributed by atoms with Gasteiger partial charge in [-0.1, -0.05) is 0 Å². The molecule has 94 valence electrons. The SMILES string of the molecule is FC(F)(F)c1ocnc1CN1CC2(CNC2)C1. The van der Waals surface area contributed by atoms with E-state index in [0.717, 1.165) is 32.6 Å². The quantitative estimate of drug-likeness (QED) is 0.849. The van der Waals surface area contributed by atoms with Crippen LogP contribution in [-0.4, -0.2) is 36.1 Å². The van der Waals surface area contributed by atoms with Gasteiger partial charge < -0.3 is 9.73 Å². The lowest BCUT2D eigenvalue weighted by Crippen LogP contribution is -2.70. The topological polar surface area (TPSA) is 41.3 Å². The molecule has 1 aromatic rings. The molecule has 1 spiro atoms. The Labute approximate surface area is 95.8 Å². The Balaban J connectivity index is 1.64. The lowest BCUT2D eigenvalue weighted by atomic mass is 9.74. The molecule has 2 saturated heterocycles. The van der Waals surface area contributed by atoms with Crippen LogP contribution in [0.5, 0.6) is 0 Å². The first-order valence-corrected chi connectivity index (χ1v) is 5.41. The van der Waals surface area contributed by atoms with Crippen LogP contribution in [0.15, 0.2) is 10.8 Å². The van der Waals surface area contributed by atoms with E-state index in [1.54, 1.807) is 0 Å². The number of alkyl halides is 3. The van der Waals surface area contributed by atoms with Crippen molar-refractivity contribution in [2.75, 3.05) is 26.2 Å². The molecule has 0 saturated carbocycles. The molecule has 2 aliphatic heterocycles. The first kappa shape index (κ1) is 11.0. The largest absolute Gasteiger partial charge is 0.451 e. The average Bonchev–Trinajstić information content (AvgIpc) is 2.53. The third-order valence-electron chi connectivity index (χ3n) is 3.39. The fourth-order valence-corrected chi connectivity index (χ4v) is 2.54. The molecule has 4 nitrogen and oxygen atoms in total. The molecule has 0 aromatic carbocycles. The summed E-state index contributed by atoms with van der Waals surface area (Å²) in [6, 6.07) is 0. The maximum absolute atomic E-state index is 12.5. The third-order valence-corrected chi connectivity index (χ3v) is 3.39. The van der Waals surface area contributed by atoms with Gasteiger partial charge in [0.25, 0.3) is 0 Å². The van der Waals surface area contributed by atoms with Crippen molar-refractivity contribution in [3.05, 3.63) is 17.8 Å². The third kappa shape index (κ3) is 1.83. The highest BCUT2D eigenvalue weighted by molar-refractivity contribution is 5.13. The van der Waals surface area contributed by atoms with Crippen molar-refractivity contribution < 1.29 is 17.6 Å². The Morgan fingerprint density at radius 1 is 1.41 bits per heavy atom. The fourth-order valence-electron chi connectivity index (χ4n) is 2.54. The molecule has 3 rings (SSSR count). The number of nitrogens with one attached hydrogen (secondary N) is 1. The molecule has 1 N–H and O–H groups in total. The van der Waals surface area contributed by atoms with Crippen LogP contribution >= 0.6 is 0 Å². The van der Waals surface area contributed by atoms with Gasteiger partial charge in [0, 0.05) is 38.1 Å². The second kappa shape index (κ2) is 3.46. The lowest BCUT2D eigenvalue weighted by Gasteiger charge is -2.56. The molecular weight excluding hydrogens is 235 g/mol. The van der Waals surface area contributed by atoms with Gasteiger partial charge in [-0.15, -0.1) is 0 Å².